The van der Waals surface area contributed by atoms with E-state index in [1.165, 1.54) is 6.08 Å². The van der Waals surface area contributed by atoms with Crippen LogP contribution < -0.4 is 14.8 Å². The number of carbonyl (C=O) groups excluding carboxylic acids is 1. The number of fused-ring (bicyclic) bond motifs is 1. The van der Waals surface area contributed by atoms with Gasteiger partial charge in [-0.15, -0.1) is 0 Å². The van der Waals surface area contributed by atoms with Crippen molar-refractivity contribution in [1.29, 1.82) is 0 Å². The molecule has 1 aromatic rings. The molecule has 78 valence electrons. The molecule has 0 fully saturated rings. The molecule has 1 aromatic carbocycles. The molecule has 4 nitrogen and oxygen atoms in total. The van der Waals surface area contributed by atoms with E-state index in [2.05, 4.69) is 11.9 Å². The molecule has 2 rings (SSSR count). The van der Waals surface area contributed by atoms with E-state index in [1.54, 1.807) is 12.1 Å². The van der Waals surface area contributed by atoms with Crippen LogP contribution in [0.3, 0.4) is 0 Å². The number of halogens is 1. The molecule has 1 N–H and O–H groups in total. The van der Waals surface area contributed by atoms with Crippen molar-refractivity contribution >= 4 is 23.2 Å². The van der Waals surface area contributed by atoms with Crippen LogP contribution in [0.5, 0.6) is 11.5 Å². The predicted octanol–water partition coefficient (Wildman–Crippen LogP) is 2.19. The third kappa shape index (κ3) is 1.89. The average molecular weight is 226 g/mol. The van der Waals surface area contributed by atoms with Gasteiger partial charge in [-0.05, 0) is 6.08 Å². The Morgan fingerprint density at radius 3 is 2.80 bits per heavy atom. The number of ether oxygens (including phenoxy) is 2. The fourth-order valence-electron chi connectivity index (χ4n) is 1.20. The third-order valence-corrected chi connectivity index (χ3v) is 2.22. The summed E-state index contributed by atoms with van der Waals surface area (Å²) in [7, 11) is 0. The van der Waals surface area contributed by atoms with E-state index in [0.717, 1.165) is 0 Å². The minimum Gasteiger partial charge on any atom is -0.454 e. The number of nitrogens with one attached hydrogen (secondary N) is 1. The monoisotopic (exact) mass is 225 g/mol. The molecule has 0 unspecified atom stereocenters. The van der Waals surface area contributed by atoms with Crippen LogP contribution in [0.25, 0.3) is 0 Å². The topological polar surface area (TPSA) is 47.6 Å². The molecular weight excluding hydrogens is 218 g/mol. The molecule has 0 atom stereocenters. The fraction of sp³-hybridized carbons (Fsp3) is 0.100. The van der Waals surface area contributed by atoms with Crippen LogP contribution in [0, 0.1) is 0 Å². The van der Waals surface area contributed by atoms with Crippen LogP contribution in [0.2, 0.25) is 5.02 Å². The molecule has 0 bridgehead atoms. The molecule has 5 heteroatoms. The summed E-state index contributed by atoms with van der Waals surface area (Å²) < 4.78 is 10.3. The zero-order valence-electron chi connectivity index (χ0n) is 7.75. The molecule has 0 aromatic heterocycles. The summed E-state index contributed by atoms with van der Waals surface area (Å²) in [6, 6.07) is 3.22. The number of benzene rings is 1. The van der Waals surface area contributed by atoms with Crippen molar-refractivity contribution in [2.24, 2.45) is 0 Å². The van der Waals surface area contributed by atoms with Gasteiger partial charge in [0.2, 0.25) is 12.7 Å². The smallest absolute Gasteiger partial charge is 0.247 e. The maximum Gasteiger partial charge on any atom is 0.247 e. The van der Waals surface area contributed by atoms with Gasteiger partial charge in [0.05, 0.1) is 10.7 Å². The molecular formula is C10H8ClNO3. The lowest BCUT2D eigenvalue weighted by molar-refractivity contribution is -0.111. The highest BCUT2D eigenvalue weighted by atomic mass is 35.5. The number of rotatable bonds is 2. The fourth-order valence-corrected chi connectivity index (χ4v) is 1.40. The number of carbonyl (C=O) groups is 1. The zero-order valence-corrected chi connectivity index (χ0v) is 8.50. The summed E-state index contributed by atoms with van der Waals surface area (Å²) in [6.07, 6.45) is 1.17. The number of hydrogen-bond donors (Lipinski definition) is 1. The lowest BCUT2D eigenvalue weighted by Gasteiger charge is -2.05. The lowest BCUT2D eigenvalue weighted by atomic mass is 10.2. The summed E-state index contributed by atoms with van der Waals surface area (Å²) in [6.45, 7) is 3.52. The molecule has 1 aliphatic rings. The zero-order chi connectivity index (χ0) is 10.8. The Morgan fingerprint density at radius 1 is 1.47 bits per heavy atom. The van der Waals surface area contributed by atoms with Crippen LogP contribution >= 0.6 is 11.6 Å². The van der Waals surface area contributed by atoms with E-state index in [9.17, 15) is 4.79 Å². The van der Waals surface area contributed by atoms with E-state index >= 15 is 0 Å². The first-order valence-corrected chi connectivity index (χ1v) is 4.61. The van der Waals surface area contributed by atoms with Gasteiger partial charge in [-0.2, -0.15) is 0 Å². The number of hydrogen-bond acceptors (Lipinski definition) is 3. The van der Waals surface area contributed by atoms with E-state index < -0.39 is 0 Å². The van der Waals surface area contributed by atoms with Gasteiger partial charge in [0.15, 0.2) is 11.5 Å². The van der Waals surface area contributed by atoms with Crippen molar-refractivity contribution in [2.75, 3.05) is 12.1 Å². The molecule has 1 heterocycles. The van der Waals surface area contributed by atoms with Crippen molar-refractivity contribution in [3.05, 3.63) is 29.8 Å². The van der Waals surface area contributed by atoms with E-state index in [-0.39, 0.29) is 12.7 Å². The summed E-state index contributed by atoms with van der Waals surface area (Å²) in [5.74, 6) is 0.825. The van der Waals surface area contributed by atoms with Crippen LogP contribution in [-0.4, -0.2) is 12.7 Å². The molecule has 0 saturated heterocycles. The molecule has 1 amide bonds. The Labute approximate surface area is 91.4 Å². The quantitative estimate of drug-likeness (QED) is 0.785. The van der Waals surface area contributed by atoms with Crippen molar-refractivity contribution < 1.29 is 14.3 Å². The molecule has 0 saturated carbocycles. The Kier molecular flexibility index (Phi) is 2.51. The van der Waals surface area contributed by atoms with Crippen molar-refractivity contribution in [2.45, 2.75) is 0 Å². The van der Waals surface area contributed by atoms with Gasteiger partial charge in [0.25, 0.3) is 0 Å². The first kappa shape index (κ1) is 9.86. The highest BCUT2D eigenvalue weighted by Crippen LogP contribution is 2.39. The maximum atomic E-state index is 11.1. The standard InChI is InChI=1S/C10H8ClNO3/c1-2-10(13)12-7-4-9-8(3-6(7)11)14-5-15-9/h2-4H,1,5H2,(H,12,13). The summed E-state index contributed by atoms with van der Waals surface area (Å²) in [5, 5.41) is 2.96. The Hall–Kier alpha value is -1.68. The lowest BCUT2D eigenvalue weighted by Crippen LogP contribution is -2.07. The normalized spacial score (nSPS) is 12.3. The summed E-state index contributed by atoms with van der Waals surface area (Å²) in [5.41, 5.74) is 0.478. The van der Waals surface area contributed by atoms with Gasteiger partial charge < -0.3 is 14.8 Å². The highest BCUT2D eigenvalue weighted by Gasteiger charge is 2.16. The number of anilines is 1. The largest absolute Gasteiger partial charge is 0.454 e. The average Bonchev–Trinajstić information content (AvgIpc) is 2.65. The Morgan fingerprint density at radius 2 is 2.13 bits per heavy atom. The van der Waals surface area contributed by atoms with E-state index in [4.69, 9.17) is 21.1 Å². The minimum atomic E-state index is -0.323. The van der Waals surface area contributed by atoms with Crippen molar-refractivity contribution in [3.63, 3.8) is 0 Å². The van der Waals surface area contributed by atoms with Crippen LogP contribution in [0.4, 0.5) is 5.69 Å². The van der Waals surface area contributed by atoms with Crippen LogP contribution in [0.1, 0.15) is 0 Å². The second kappa shape index (κ2) is 3.82. The molecule has 1 aliphatic heterocycles. The molecule has 0 spiro atoms. The van der Waals surface area contributed by atoms with Gasteiger partial charge in [0, 0.05) is 12.1 Å². The molecule has 0 radical (unpaired) electrons. The highest BCUT2D eigenvalue weighted by molar-refractivity contribution is 6.34. The first-order valence-electron chi connectivity index (χ1n) is 4.23. The van der Waals surface area contributed by atoms with Crippen LogP contribution in [-0.2, 0) is 4.79 Å². The van der Waals surface area contributed by atoms with Crippen LogP contribution in [0.15, 0.2) is 24.8 Å². The second-order valence-electron chi connectivity index (χ2n) is 2.88. The summed E-state index contributed by atoms with van der Waals surface area (Å²) >= 11 is 5.92. The van der Waals surface area contributed by atoms with E-state index in [0.29, 0.717) is 22.2 Å². The molecule has 0 aliphatic carbocycles. The van der Waals surface area contributed by atoms with Crippen molar-refractivity contribution in [1.82, 2.24) is 0 Å². The second-order valence-corrected chi connectivity index (χ2v) is 3.29. The van der Waals surface area contributed by atoms with Gasteiger partial charge >= 0.3 is 0 Å². The van der Waals surface area contributed by atoms with Gasteiger partial charge in [0.1, 0.15) is 0 Å². The van der Waals surface area contributed by atoms with Gasteiger partial charge in [-0.3, -0.25) is 4.79 Å². The van der Waals surface area contributed by atoms with Gasteiger partial charge in [-0.25, -0.2) is 0 Å². The maximum absolute atomic E-state index is 11.1. The predicted molar refractivity (Wildman–Crippen MR) is 56.4 cm³/mol. The molecule has 15 heavy (non-hydrogen) atoms. The first-order chi connectivity index (χ1) is 7.20. The summed E-state index contributed by atoms with van der Waals surface area (Å²) in [4.78, 5) is 11.1. The number of amides is 1. The SMILES string of the molecule is C=CC(=O)Nc1cc2c(cc1Cl)OCO2. The van der Waals surface area contributed by atoms with E-state index in [1.807, 2.05) is 0 Å². The van der Waals surface area contributed by atoms with Crippen molar-refractivity contribution in [3.8, 4) is 11.5 Å². The van der Waals surface area contributed by atoms with Gasteiger partial charge in [-0.1, -0.05) is 18.2 Å². The Bertz CT molecular complexity index is 431. The third-order valence-electron chi connectivity index (χ3n) is 1.91. The Balaban J connectivity index is 2.32. The minimum absolute atomic E-state index is 0.171.